The molecule has 24 heavy (non-hydrogen) atoms. The van der Waals surface area contributed by atoms with Crippen LogP contribution in [0.5, 0.6) is 0 Å². The first-order valence-electron chi connectivity index (χ1n) is 8.25. The molecular weight excluding hydrogens is 312 g/mol. The monoisotopic (exact) mass is 333 g/mol. The van der Waals surface area contributed by atoms with Gasteiger partial charge in [0.05, 0.1) is 5.56 Å². The maximum atomic E-state index is 13.0. The van der Waals surface area contributed by atoms with E-state index in [0.717, 1.165) is 24.3 Å². The summed E-state index contributed by atoms with van der Waals surface area (Å²) >= 11 is 0. The molecule has 2 aromatic rings. The molecular formula is C18H21F2N3O. The third-order valence-electron chi connectivity index (χ3n) is 4.33. The summed E-state index contributed by atoms with van der Waals surface area (Å²) in [5.74, 6) is 0.323. The van der Waals surface area contributed by atoms with Gasteiger partial charge in [0.25, 0.3) is 12.3 Å². The minimum atomic E-state index is -2.78. The molecule has 1 heterocycles. The number of carbonyl (C=O) groups excluding carboxylic acids is 1. The number of nitrogens with zero attached hydrogens (tertiary/aromatic N) is 2. The van der Waals surface area contributed by atoms with Crippen LogP contribution in [0.25, 0.3) is 0 Å². The molecule has 1 aliphatic carbocycles. The predicted molar refractivity (Wildman–Crippen MR) is 88.2 cm³/mol. The van der Waals surface area contributed by atoms with Crippen LogP contribution in [0, 0.1) is 5.92 Å². The molecule has 1 aromatic carbocycles. The van der Waals surface area contributed by atoms with E-state index in [-0.39, 0.29) is 5.56 Å². The number of anilines is 1. The van der Waals surface area contributed by atoms with Gasteiger partial charge < -0.3 is 5.32 Å². The van der Waals surface area contributed by atoms with Crippen LogP contribution in [0.4, 0.5) is 14.5 Å². The molecule has 6 heteroatoms. The second-order valence-electron chi connectivity index (χ2n) is 6.35. The Bertz CT molecular complexity index is 723. The number of rotatable bonds is 7. The minimum Gasteiger partial charge on any atom is -0.322 e. The number of aromatic nitrogens is 2. The Morgan fingerprint density at radius 2 is 2.12 bits per heavy atom. The summed E-state index contributed by atoms with van der Waals surface area (Å²) in [6.07, 6.45) is 4.37. The molecule has 1 N–H and O–H groups in total. The SMILES string of the molecule is Cn1cc(C(=O)Nc2ccccc2CCCC2CC2)c(C(F)F)n1. The number of aryl methyl sites for hydroxylation is 2. The van der Waals surface area contributed by atoms with Crippen molar-refractivity contribution >= 4 is 11.6 Å². The first kappa shape index (κ1) is 16.6. The molecule has 0 radical (unpaired) electrons. The van der Waals surface area contributed by atoms with E-state index in [1.54, 1.807) is 0 Å². The van der Waals surface area contributed by atoms with Crippen LogP contribution in [0.3, 0.4) is 0 Å². The number of hydrogen-bond donors (Lipinski definition) is 1. The lowest BCUT2D eigenvalue weighted by Crippen LogP contribution is -2.14. The number of nitrogens with one attached hydrogen (secondary N) is 1. The van der Waals surface area contributed by atoms with Crippen LogP contribution in [0.2, 0.25) is 0 Å². The van der Waals surface area contributed by atoms with E-state index in [1.807, 2.05) is 24.3 Å². The number of benzene rings is 1. The molecule has 1 saturated carbocycles. The van der Waals surface area contributed by atoms with Gasteiger partial charge in [0.1, 0.15) is 5.69 Å². The molecule has 0 spiro atoms. The van der Waals surface area contributed by atoms with Crippen molar-refractivity contribution in [1.82, 2.24) is 9.78 Å². The van der Waals surface area contributed by atoms with Gasteiger partial charge in [0.15, 0.2) is 0 Å². The summed E-state index contributed by atoms with van der Waals surface area (Å²) in [5, 5.41) is 6.44. The van der Waals surface area contributed by atoms with Gasteiger partial charge in [-0.1, -0.05) is 37.5 Å². The van der Waals surface area contributed by atoms with Crippen LogP contribution in [0.15, 0.2) is 30.5 Å². The maximum Gasteiger partial charge on any atom is 0.282 e. The van der Waals surface area contributed by atoms with Crippen LogP contribution in [-0.2, 0) is 13.5 Å². The first-order chi connectivity index (χ1) is 11.5. The molecule has 1 aliphatic rings. The molecule has 1 fully saturated rings. The number of carbonyl (C=O) groups is 1. The van der Waals surface area contributed by atoms with Gasteiger partial charge in [-0.3, -0.25) is 9.48 Å². The topological polar surface area (TPSA) is 46.9 Å². The number of halogens is 2. The lowest BCUT2D eigenvalue weighted by Gasteiger charge is -2.11. The maximum absolute atomic E-state index is 13.0. The fourth-order valence-corrected chi connectivity index (χ4v) is 2.88. The lowest BCUT2D eigenvalue weighted by molar-refractivity contribution is 0.101. The zero-order valence-corrected chi connectivity index (χ0v) is 13.6. The normalized spacial score (nSPS) is 14.2. The smallest absolute Gasteiger partial charge is 0.282 e. The van der Waals surface area contributed by atoms with Gasteiger partial charge >= 0.3 is 0 Å². The zero-order chi connectivity index (χ0) is 17.1. The summed E-state index contributed by atoms with van der Waals surface area (Å²) in [5.41, 5.74) is 1.15. The molecule has 0 aliphatic heterocycles. The summed E-state index contributed by atoms with van der Waals surface area (Å²) in [4.78, 5) is 12.4. The Hall–Kier alpha value is -2.24. The van der Waals surface area contributed by atoms with Crippen molar-refractivity contribution in [1.29, 1.82) is 0 Å². The van der Waals surface area contributed by atoms with Crippen molar-refractivity contribution in [2.24, 2.45) is 13.0 Å². The molecule has 1 amide bonds. The molecule has 4 nitrogen and oxygen atoms in total. The Labute approximate surface area is 139 Å². The molecule has 0 bridgehead atoms. The molecule has 128 valence electrons. The highest BCUT2D eigenvalue weighted by Gasteiger charge is 2.23. The van der Waals surface area contributed by atoms with Crippen LogP contribution in [0.1, 0.15) is 53.7 Å². The van der Waals surface area contributed by atoms with Gasteiger partial charge in [-0.25, -0.2) is 8.78 Å². The second-order valence-corrected chi connectivity index (χ2v) is 6.35. The summed E-state index contributed by atoms with van der Waals surface area (Å²) in [6.45, 7) is 0. The fourth-order valence-electron chi connectivity index (χ4n) is 2.88. The predicted octanol–water partition coefficient (Wildman–Crippen LogP) is 4.34. The highest BCUT2D eigenvalue weighted by Crippen LogP contribution is 2.34. The molecule has 3 rings (SSSR count). The largest absolute Gasteiger partial charge is 0.322 e. The second kappa shape index (κ2) is 7.11. The standard InChI is InChI=1S/C18H21F2N3O/c1-23-11-14(16(22-23)17(19)20)18(24)21-15-8-3-2-6-13(15)7-4-5-12-9-10-12/h2-3,6,8,11-12,17H,4-5,7,9-10H2,1H3,(H,21,24). The minimum absolute atomic E-state index is 0.0831. The Morgan fingerprint density at radius 3 is 2.83 bits per heavy atom. The van der Waals surface area contributed by atoms with E-state index in [4.69, 9.17) is 0 Å². The highest BCUT2D eigenvalue weighted by molar-refractivity contribution is 6.05. The van der Waals surface area contributed by atoms with Crippen molar-refractivity contribution in [3.8, 4) is 0 Å². The van der Waals surface area contributed by atoms with Gasteiger partial charge in [0, 0.05) is 18.9 Å². The Morgan fingerprint density at radius 1 is 1.38 bits per heavy atom. The average molecular weight is 333 g/mol. The quantitative estimate of drug-likeness (QED) is 0.819. The van der Waals surface area contributed by atoms with Gasteiger partial charge in [-0.05, 0) is 30.4 Å². The third kappa shape index (κ3) is 3.99. The molecule has 0 atom stereocenters. The van der Waals surface area contributed by atoms with Gasteiger partial charge in [0.2, 0.25) is 0 Å². The summed E-state index contributed by atoms with van der Waals surface area (Å²) < 4.78 is 27.3. The van der Waals surface area contributed by atoms with Crippen LogP contribution < -0.4 is 5.32 Å². The van der Waals surface area contributed by atoms with Crippen molar-refractivity contribution in [2.75, 3.05) is 5.32 Å². The number of para-hydroxylation sites is 1. The Balaban J connectivity index is 1.71. The molecule has 0 unspecified atom stereocenters. The molecule has 0 saturated heterocycles. The van der Waals surface area contributed by atoms with E-state index in [1.165, 1.54) is 37.2 Å². The lowest BCUT2D eigenvalue weighted by atomic mass is 10.0. The number of hydrogen-bond acceptors (Lipinski definition) is 2. The highest BCUT2D eigenvalue weighted by atomic mass is 19.3. The Kier molecular flexibility index (Phi) is 4.92. The van der Waals surface area contributed by atoms with E-state index in [2.05, 4.69) is 10.4 Å². The number of amides is 1. The first-order valence-corrected chi connectivity index (χ1v) is 8.25. The molecule has 1 aromatic heterocycles. The van der Waals surface area contributed by atoms with Crippen molar-refractivity contribution in [2.45, 2.75) is 38.5 Å². The van der Waals surface area contributed by atoms with E-state index < -0.39 is 18.0 Å². The average Bonchev–Trinajstić information content (AvgIpc) is 3.28. The van der Waals surface area contributed by atoms with Gasteiger partial charge in [-0.15, -0.1) is 0 Å². The van der Waals surface area contributed by atoms with E-state index >= 15 is 0 Å². The summed E-state index contributed by atoms with van der Waals surface area (Å²) in [6, 6.07) is 7.54. The third-order valence-corrected chi connectivity index (χ3v) is 4.33. The van der Waals surface area contributed by atoms with E-state index in [0.29, 0.717) is 5.69 Å². The fraction of sp³-hybridized carbons (Fsp3) is 0.444. The van der Waals surface area contributed by atoms with Crippen molar-refractivity contribution in [3.05, 3.63) is 47.3 Å². The van der Waals surface area contributed by atoms with E-state index in [9.17, 15) is 13.6 Å². The van der Waals surface area contributed by atoms with Gasteiger partial charge in [-0.2, -0.15) is 5.10 Å². The van der Waals surface area contributed by atoms with Crippen LogP contribution >= 0.6 is 0 Å². The summed E-state index contributed by atoms with van der Waals surface area (Å²) in [7, 11) is 1.52. The zero-order valence-electron chi connectivity index (χ0n) is 13.6. The number of alkyl halides is 2. The van der Waals surface area contributed by atoms with Crippen molar-refractivity contribution in [3.63, 3.8) is 0 Å². The van der Waals surface area contributed by atoms with Crippen LogP contribution in [-0.4, -0.2) is 15.7 Å². The van der Waals surface area contributed by atoms with Crippen molar-refractivity contribution < 1.29 is 13.6 Å².